The predicted molar refractivity (Wildman–Crippen MR) is 45.6 cm³/mol. The van der Waals surface area contributed by atoms with Gasteiger partial charge in [-0.05, 0) is 6.42 Å². The number of carboxylic acid groups (broad SMARTS) is 1. The molecule has 1 heterocycles. The van der Waals surface area contributed by atoms with Gasteiger partial charge in [0.2, 0.25) is 0 Å². The number of hydrogen-bond acceptors (Lipinski definition) is 4. The van der Waals surface area contributed by atoms with E-state index in [2.05, 4.69) is 20.7 Å². The summed E-state index contributed by atoms with van der Waals surface area (Å²) in [4.78, 5) is 21.3. The molecule has 0 aliphatic rings. The number of rotatable bonds is 5. The number of carboxylic acids is 1. The van der Waals surface area contributed by atoms with Crippen molar-refractivity contribution in [2.45, 2.75) is 12.8 Å². The van der Waals surface area contributed by atoms with Gasteiger partial charge in [-0.3, -0.25) is 9.59 Å². The van der Waals surface area contributed by atoms with Crippen LogP contribution in [0, 0.1) is 0 Å². The highest BCUT2D eigenvalue weighted by molar-refractivity contribution is 5.91. The van der Waals surface area contributed by atoms with Crippen molar-refractivity contribution in [2.24, 2.45) is 0 Å². The summed E-state index contributed by atoms with van der Waals surface area (Å²) in [5, 5.41) is 20.2. The van der Waals surface area contributed by atoms with Crippen molar-refractivity contribution in [1.29, 1.82) is 0 Å². The molecule has 0 saturated heterocycles. The maximum atomic E-state index is 11.2. The number of aromatic amines is 1. The van der Waals surface area contributed by atoms with E-state index in [0.717, 1.165) is 0 Å². The van der Waals surface area contributed by atoms with Crippen molar-refractivity contribution in [1.82, 2.24) is 20.7 Å². The minimum Gasteiger partial charge on any atom is -0.481 e. The van der Waals surface area contributed by atoms with E-state index in [0.29, 0.717) is 13.0 Å². The maximum Gasteiger partial charge on any atom is 0.303 e. The zero-order chi connectivity index (χ0) is 10.4. The normalized spacial score (nSPS) is 9.71. The number of carbonyl (C=O) groups excluding carboxylic acids is 1. The Bertz CT molecular complexity index is 309. The quantitative estimate of drug-likeness (QED) is 0.547. The lowest BCUT2D eigenvalue weighted by molar-refractivity contribution is -0.137. The largest absolute Gasteiger partial charge is 0.481 e. The highest BCUT2D eigenvalue weighted by Gasteiger charge is 2.07. The van der Waals surface area contributed by atoms with Crippen molar-refractivity contribution in [3.63, 3.8) is 0 Å². The lowest BCUT2D eigenvalue weighted by atomic mass is 10.3. The van der Waals surface area contributed by atoms with Crippen LogP contribution < -0.4 is 5.32 Å². The molecule has 1 rings (SSSR count). The first-order valence-electron chi connectivity index (χ1n) is 4.06. The lowest BCUT2D eigenvalue weighted by Gasteiger charge is -1.99. The Morgan fingerprint density at radius 1 is 1.57 bits per heavy atom. The predicted octanol–water partition coefficient (Wildman–Crippen LogP) is -0.601. The van der Waals surface area contributed by atoms with E-state index in [1.54, 1.807) is 0 Å². The maximum absolute atomic E-state index is 11.2. The summed E-state index contributed by atoms with van der Waals surface area (Å²) in [5.74, 6) is -1.23. The highest BCUT2D eigenvalue weighted by atomic mass is 16.4. The Kier molecular flexibility index (Phi) is 3.59. The van der Waals surface area contributed by atoms with Crippen LogP contribution in [0.15, 0.2) is 6.20 Å². The van der Waals surface area contributed by atoms with E-state index >= 15 is 0 Å². The first kappa shape index (κ1) is 10.2. The molecule has 14 heavy (non-hydrogen) atoms. The number of carbonyl (C=O) groups is 2. The molecule has 1 aromatic heterocycles. The fraction of sp³-hybridized carbons (Fsp3) is 0.429. The number of aliphatic carboxylic acids is 1. The number of nitrogens with one attached hydrogen (secondary N) is 2. The first-order chi connectivity index (χ1) is 6.70. The monoisotopic (exact) mass is 198 g/mol. The lowest BCUT2D eigenvalue weighted by Crippen LogP contribution is -2.25. The van der Waals surface area contributed by atoms with E-state index in [1.807, 2.05) is 0 Å². The Morgan fingerprint density at radius 3 is 2.93 bits per heavy atom. The van der Waals surface area contributed by atoms with Crippen LogP contribution in [-0.2, 0) is 4.79 Å². The number of nitrogens with zero attached hydrogens (tertiary/aromatic N) is 2. The third kappa shape index (κ3) is 3.21. The molecule has 0 fully saturated rings. The van der Waals surface area contributed by atoms with Gasteiger partial charge >= 0.3 is 5.97 Å². The fourth-order valence-corrected chi connectivity index (χ4v) is 0.843. The fourth-order valence-electron chi connectivity index (χ4n) is 0.843. The third-order valence-corrected chi connectivity index (χ3v) is 1.50. The second-order valence-electron chi connectivity index (χ2n) is 2.61. The Hall–Kier alpha value is -1.92. The number of amides is 1. The molecule has 76 valence electrons. The molecular formula is C7H10N4O3. The molecule has 0 radical (unpaired) electrons. The van der Waals surface area contributed by atoms with E-state index in [1.165, 1.54) is 6.20 Å². The zero-order valence-electron chi connectivity index (χ0n) is 7.36. The molecule has 1 amide bonds. The summed E-state index contributed by atoms with van der Waals surface area (Å²) in [6.07, 6.45) is 1.74. The molecule has 7 heteroatoms. The molecule has 1 aromatic rings. The van der Waals surface area contributed by atoms with Gasteiger partial charge < -0.3 is 10.4 Å². The van der Waals surface area contributed by atoms with Crippen molar-refractivity contribution >= 4 is 11.9 Å². The van der Waals surface area contributed by atoms with Crippen molar-refractivity contribution < 1.29 is 14.7 Å². The molecule has 0 aromatic carbocycles. The van der Waals surface area contributed by atoms with Crippen LogP contribution in [0.2, 0.25) is 0 Å². The van der Waals surface area contributed by atoms with Gasteiger partial charge in [0.1, 0.15) is 0 Å². The average Bonchev–Trinajstić information content (AvgIpc) is 2.64. The van der Waals surface area contributed by atoms with Crippen LogP contribution >= 0.6 is 0 Å². The van der Waals surface area contributed by atoms with Gasteiger partial charge in [-0.25, -0.2) is 0 Å². The SMILES string of the molecule is O=C(O)CCCNC(=O)c1cn[nH]n1. The summed E-state index contributed by atoms with van der Waals surface area (Å²) in [7, 11) is 0. The molecule has 0 unspecified atom stereocenters. The van der Waals surface area contributed by atoms with Gasteiger partial charge in [0.25, 0.3) is 5.91 Å². The third-order valence-electron chi connectivity index (χ3n) is 1.50. The van der Waals surface area contributed by atoms with Crippen LogP contribution in [0.25, 0.3) is 0 Å². The van der Waals surface area contributed by atoms with E-state index < -0.39 is 5.97 Å². The molecule has 7 nitrogen and oxygen atoms in total. The van der Waals surface area contributed by atoms with Crippen LogP contribution in [0.5, 0.6) is 0 Å². The van der Waals surface area contributed by atoms with Gasteiger partial charge in [-0.15, -0.1) is 0 Å². The van der Waals surface area contributed by atoms with Gasteiger partial charge in [-0.2, -0.15) is 15.4 Å². The summed E-state index contributed by atoms with van der Waals surface area (Å²) in [6.45, 7) is 0.317. The molecule has 0 saturated carbocycles. The summed E-state index contributed by atoms with van der Waals surface area (Å²) < 4.78 is 0. The molecular weight excluding hydrogens is 188 g/mol. The van der Waals surface area contributed by atoms with Crippen molar-refractivity contribution in [3.8, 4) is 0 Å². The minimum absolute atomic E-state index is 0.0408. The number of aromatic nitrogens is 3. The summed E-state index contributed by atoms with van der Waals surface area (Å²) in [5.41, 5.74) is 0.195. The molecule has 0 spiro atoms. The van der Waals surface area contributed by atoms with Crippen LogP contribution in [0.3, 0.4) is 0 Å². The minimum atomic E-state index is -0.874. The van der Waals surface area contributed by atoms with Crippen LogP contribution in [0.4, 0.5) is 0 Å². The topological polar surface area (TPSA) is 108 Å². The summed E-state index contributed by atoms with van der Waals surface area (Å²) in [6, 6.07) is 0. The zero-order valence-corrected chi connectivity index (χ0v) is 7.36. The van der Waals surface area contributed by atoms with Gasteiger partial charge in [-0.1, -0.05) is 0 Å². The Labute approximate surface area is 79.5 Å². The number of hydrogen-bond donors (Lipinski definition) is 3. The van der Waals surface area contributed by atoms with Crippen molar-refractivity contribution in [3.05, 3.63) is 11.9 Å². The van der Waals surface area contributed by atoms with Gasteiger partial charge in [0, 0.05) is 13.0 Å². The Balaban J connectivity index is 2.19. The molecule has 3 N–H and O–H groups in total. The van der Waals surface area contributed by atoms with Crippen molar-refractivity contribution in [2.75, 3.05) is 6.54 Å². The molecule has 0 aliphatic heterocycles. The molecule has 0 aliphatic carbocycles. The van der Waals surface area contributed by atoms with Crippen LogP contribution in [0.1, 0.15) is 23.3 Å². The summed E-state index contributed by atoms with van der Waals surface area (Å²) >= 11 is 0. The first-order valence-corrected chi connectivity index (χ1v) is 4.06. The van der Waals surface area contributed by atoms with E-state index in [4.69, 9.17) is 5.11 Å². The van der Waals surface area contributed by atoms with Crippen LogP contribution in [-0.4, -0.2) is 38.9 Å². The van der Waals surface area contributed by atoms with E-state index in [-0.39, 0.29) is 18.0 Å². The second kappa shape index (κ2) is 4.95. The van der Waals surface area contributed by atoms with E-state index in [9.17, 15) is 9.59 Å². The standard InChI is InChI=1S/C7H10N4O3/c12-6(13)2-1-3-8-7(14)5-4-9-11-10-5/h4H,1-3H2,(H,8,14)(H,12,13)(H,9,10,11). The smallest absolute Gasteiger partial charge is 0.303 e. The molecule has 0 bridgehead atoms. The highest BCUT2D eigenvalue weighted by Crippen LogP contribution is 1.90. The second-order valence-corrected chi connectivity index (χ2v) is 2.61. The Morgan fingerprint density at radius 2 is 2.36 bits per heavy atom. The van der Waals surface area contributed by atoms with Gasteiger partial charge in [0.15, 0.2) is 5.69 Å². The molecule has 0 atom stereocenters. The van der Waals surface area contributed by atoms with Gasteiger partial charge in [0.05, 0.1) is 6.20 Å². The average molecular weight is 198 g/mol. The number of H-pyrrole nitrogens is 1.